The first-order valence-corrected chi connectivity index (χ1v) is 10.3. The van der Waals surface area contributed by atoms with Crippen LogP contribution in [-0.4, -0.2) is 30.5 Å². The smallest absolute Gasteiger partial charge is 0.231 e. The van der Waals surface area contributed by atoms with Crippen LogP contribution in [0.2, 0.25) is 0 Å². The lowest BCUT2D eigenvalue weighted by molar-refractivity contribution is -0.122. The summed E-state index contributed by atoms with van der Waals surface area (Å²) >= 11 is 1.39. The molecule has 0 saturated carbocycles. The van der Waals surface area contributed by atoms with Crippen LogP contribution in [0, 0.1) is 11.7 Å². The van der Waals surface area contributed by atoms with E-state index in [1.807, 2.05) is 24.3 Å². The highest BCUT2D eigenvalue weighted by Crippen LogP contribution is 2.29. The molecule has 154 valence electrons. The Morgan fingerprint density at radius 3 is 2.93 bits per heavy atom. The molecule has 1 fully saturated rings. The number of hydrogen-bond donors (Lipinski definition) is 1. The number of hydrogen-bond acceptors (Lipinski definition) is 5. The van der Waals surface area contributed by atoms with E-state index in [2.05, 4.69) is 10.3 Å². The van der Waals surface area contributed by atoms with Crippen molar-refractivity contribution in [3.8, 4) is 5.75 Å². The molecule has 2 amide bonds. The molecule has 8 heteroatoms. The van der Waals surface area contributed by atoms with Crippen LogP contribution in [0.5, 0.6) is 5.75 Å². The number of carbonyl (C=O) groups excluding carboxylic acids is 2. The second-order valence-electron chi connectivity index (χ2n) is 7.01. The van der Waals surface area contributed by atoms with Crippen LogP contribution in [0.15, 0.2) is 54.7 Å². The quantitative estimate of drug-likeness (QED) is 0.651. The zero-order valence-corrected chi connectivity index (χ0v) is 17.1. The Bertz CT molecular complexity index is 1080. The standard InChI is InChI=1S/C22H20FN3O3S/c1-29-16-6-4-5-14(9-16)10-17-12-24-22(30-17)25-21(28)15-11-20(27)26(13-15)19-8-3-2-7-18(19)23/h2-9,12,15H,10-11,13H2,1H3,(H,24,25,28). The van der Waals surface area contributed by atoms with Crippen LogP contribution in [-0.2, 0) is 16.0 Å². The number of thiazole rings is 1. The fourth-order valence-electron chi connectivity index (χ4n) is 3.42. The Morgan fingerprint density at radius 1 is 1.30 bits per heavy atom. The maximum absolute atomic E-state index is 14.0. The van der Waals surface area contributed by atoms with Crippen molar-refractivity contribution < 1.29 is 18.7 Å². The molecule has 2 aromatic carbocycles. The second-order valence-corrected chi connectivity index (χ2v) is 8.12. The molecule has 1 unspecified atom stereocenters. The van der Waals surface area contributed by atoms with E-state index >= 15 is 0 Å². The molecule has 0 spiro atoms. The lowest BCUT2D eigenvalue weighted by atomic mass is 10.1. The summed E-state index contributed by atoms with van der Waals surface area (Å²) in [5.41, 5.74) is 1.28. The van der Waals surface area contributed by atoms with Crippen LogP contribution in [0.25, 0.3) is 0 Å². The molecule has 0 aliphatic carbocycles. The molecule has 4 rings (SSSR count). The van der Waals surface area contributed by atoms with Gasteiger partial charge in [0.2, 0.25) is 11.8 Å². The van der Waals surface area contributed by atoms with Gasteiger partial charge >= 0.3 is 0 Å². The minimum absolute atomic E-state index is 0.0439. The number of rotatable bonds is 6. The van der Waals surface area contributed by atoms with E-state index in [1.165, 1.54) is 22.3 Å². The molecule has 0 bridgehead atoms. The summed E-state index contributed by atoms with van der Waals surface area (Å²) < 4.78 is 19.2. The van der Waals surface area contributed by atoms with E-state index < -0.39 is 11.7 Å². The van der Waals surface area contributed by atoms with Crippen molar-refractivity contribution in [2.75, 3.05) is 23.9 Å². The summed E-state index contributed by atoms with van der Waals surface area (Å²) in [6, 6.07) is 13.8. The van der Waals surface area contributed by atoms with Gasteiger partial charge in [-0.3, -0.25) is 9.59 Å². The summed E-state index contributed by atoms with van der Waals surface area (Å²) in [6.45, 7) is 0.146. The Hall–Kier alpha value is -3.26. The van der Waals surface area contributed by atoms with Crippen LogP contribution < -0.4 is 15.0 Å². The number of halogens is 1. The predicted molar refractivity (Wildman–Crippen MR) is 113 cm³/mol. The first-order valence-electron chi connectivity index (χ1n) is 9.47. The third-order valence-corrected chi connectivity index (χ3v) is 5.85. The summed E-state index contributed by atoms with van der Waals surface area (Å²) in [5, 5.41) is 3.27. The number of carbonyl (C=O) groups is 2. The van der Waals surface area contributed by atoms with Crippen molar-refractivity contribution in [2.45, 2.75) is 12.8 Å². The number of para-hydroxylation sites is 1. The molecule has 1 N–H and O–H groups in total. The third kappa shape index (κ3) is 4.33. The molecule has 1 saturated heterocycles. The molecule has 0 radical (unpaired) electrons. The van der Waals surface area contributed by atoms with E-state index in [0.29, 0.717) is 11.6 Å². The fraction of sp³-hybridized carbons (Fsp3) is 0.227. The number of anilines is 2. The number of nitrogens with zero attached hydrogens (tertiary/aromatic N) is 2. The monoisotopic (exact) mass is 425 g/mol. The van der Waals surface area contributed by atoms with Crippen LogP contribution in [0.4, 0.5) is 15.2 Å². The van der Waals surface area contributed by atoms with Crippen LogP contribution in [0.1, 0.15) is 16.9 Å². The van der Waals surface area contributed by atoms with Gasteiger partial charge in [0.15, 0.2) is 5.13 Å². The zero-order valence-electron chi connectivity index (χ0n) is 16.3. The Labute approximate surface area is 177 Å². The van der Waals surface area contributed by atoms with Gasteiger partial charge in [0, 0.05) is 30.5 Å². The van der Waals surface area contributed by atoms with E-state index in [0.717, 1.165) is 16.2 Å². The minimum Gasteiger partial charge on any atom is -0.497 e. The average molecular weight is 425 g/mol. The largest absolute Gasteiger partial charge is 0.497 e. The molecular weight excluding hydrogens is 405 g/mol. The third-order valence-electron chi connectivity index (χ3n) is 4.94. The van der Waals surface area contributed by atoms with E-state index in [9.17, 15) is 14.0 Å². The van der Waals surface area contributed by atoms with Crippen molar-refractivity contribution in [1.29, 1.82) is 0 Å². The van der Waals surface area contributed by atoms with Gasteiger partial charge < -0.3 is 15.0 Å². The molecule has 1 aliphatic heterocycles. The lowest BCUT2D eigenvalue weighted by Gasteiger charge is -2.17. The maximum Gasteiger partial charge on any atom is 0.231 e. The fourth-order valence-corrected chi connectivity index (χ4v) is 4.27. The molecular formula is C22H20FN3O3S. The van der Waals surface area contributed by atoms with E-state index in [1.54, 1.807) is 31.5 Å². The highest BCUT2D eigenvalue weighted by atomic mass is 32.1. The van der Waals surface area contributed by atoms with E-state index in [4.69, 9.17) is 4.74 Å². The highest BCUT2D eigenvalue weighted by Gasteiger charge is 2.36. The van der Waals surface area contributed by atoms with E-state index in [-0.39, 0.29) is 30.5 Å². The zero-order chi connectivity index (χ0) is 21.1. The van der Waals surface area contributed by atoms with Crippen molar-refractivity contribution in [2.24, 2.45) is 5.92 Å². The van der Waals surface area contributed by atoms with Crippen molar-refractivity contribution in [3.05, 3.63) is 71.0 Å². The molecule has 3 aromatic rings. The van der Waals surface area contributed by atoms with Crippen LogP contribution in [0.3, 0.4) is 0 Å². The molecule has 30 heavy (non-hydrogen) atoms. The summed E-state index contributed by atoms with van der Waals surface area (Å²) in [6.07, 6.45) is 2.45. The summed E-state index contributed by atoms with van der Waals surface area (Å²) in [4.78, 5) is 31.5. The van der Waals surface area contributed by atoms with Gasteiger partial charge in [0.05, 0.1) is 18.7 Å². The number of aromatic nitrogens is 1. The molecule has 1 aromatic heterocycles. The SMILES string of the molecule is COc1cccc(Cc2cnc(NC(=O)C3CC(=O)N(c4ccccc4F)C3)s2)c1. The van der Waals surface area contributed by atoms with Crippen molar-refractivity contribution in [1.82, 2.24) is 4.98 Å². The number of amides is 2. The van der Waals surface area contributed by atoms with Gasteiger partial charge in [0.25, 0.3) is 0 Å². The molecule has 1 aliphatic rings. The maximum atomic E-state index is 14.0. The topological polar surface area (TPSA) is 71.5 Å². The number of ether oxygens (including phenoxy) is 1. The van der Waals surface area contributed by atoms with Gasteiger partial charge in [-0.05, 0) is 29.8 Å². The predicted octanol–water partition coefficient (Wildman–Crippen LogP) is 3.87. The Morgan fingerprint density at radius 2 is 2.13 bits per heavy atom. The van der Waals surface area contributed by atoms with Crippen molar-refractivity contribution >= 4 is 34.0 Å². The first-order chi connectivity index (χ1) is 14.5. The summed E-state index contributed by atoms with van der Waals surface area (Å²) in [7, 11) is 1.63. The highest BCUT2D eigenvalue weighted by molar-refractivity contribution is 7.15. The van der Waals surface area contributed by atoms with Gasteiger partial charge in [0.1, 0.15) is 11.6 Å². The average Bonchev–Trinajstić information content (AvgIpc) is 3.35. The molecule has 6 nitrogen and oxygen atoms in total. The second kappa shape index (κ2) is 8.62. The van der Waals surface area contributed by atoms with Crippen molar-refractivity contribution in [3.63, 3.8) is 0 Å². The molecule has 1 atom stereocenters. The van der Waals surface area contributed by atoms with Gasteiger partial charge in [-0.25, -0.2) is 9.37 Å². The Balaban J connectivity index is 1.39. The normalized spacial score (nSPS) is 16.0. The first kappa shape index (κ1) is 20.0. The van der Waals surface area contributed by atoms with Gasteiger partial charge in [-0.2, -0.15) is 0 Å². The lowest BCUT2D eigenvalue weighted by Crippen LogP contribution is -2.28. The van der Waals surface area contributed by atoms with Crippen LogP contribution >= 0.6 is 11.3 Å². The molecule has 2 heterocycles. The Kier molecular flexibility index (Phi) is 5.76. The minimum atomic E-state index is -0.553. The van der Waals surface area contributed by atoms with Gasteiger partial charge in [-0.15, -0.1) is 11.3 Å². The number of nitrogens with one attached hydrogen (secondary N) is 1. The summed E-state index contributed by atoms with van der Waals surface area (Å²) in [5.74, 6) is -0.796. The van der Waals surface area contributed by atoms with Gasteiger partial charge in [-0.1, -0.05) is 24.3 Å². The number of methoxy groups -OCH3 is 1. The number of benzene rings is 2.